The van der Waals surface area contributed by atoms with E-state index in [0.717, 1.165) is 24.9 Å². The van der Waals surface area contributed by atoms with Gasteiger partial charge in [0.25, 0.3) is 0 Å². The molecule has 2 rings (SSSR count). The molecule has 0 radical (unpaired) electrons. The summed E-state index contributed by atoms with van der Waals surface area (Å²) in [5.41, 5.74) is 1.84. The van der Waals surface area contributed by atoms with Gasteiger partial charge in [0.1, 0.15) is 11.6 Å². The fourth-order valence-electron chi connectivity index (χ4n) is 3.86. The Morgan fingerprint density at radius 1 is 0.879 bits per heavy atom. The summed E-state index contributed by atoms with van der Waals surface area (Å²) in [7, 11) is 7.53. The van der Waals surface area contributed by atoms with E-state index in [9.17, 15) is 19.2 Å². The highest BCUT2D eigenvalue weighted by molar-refractivity contribution is 5.97. The SMILES string of the molecule is CC(=O)Cc1cc(C(=O)Cc2cn(C)c(C(=O)CCCC(=O)CCCCN(C)C)n2)n(C)c1. The Kier molecular flexibility index (Phi) is 9.91. The van der Waals surface area contributed by atoms with E-state index in [1.807, 2.05) is 14.1 Å². The molecule has 0 amide bonds. The van der Waals surface area contributed by atoms with Gasteiger partial charge in [-0.3, -0.25) is 19.2 Å². The Hall–Kier alpha value is -2.87. The number of Topliss-reactive ketones (excluding diaryl/α,β-unsaturated/α-hetero) is 4. The van der Waals surface area contributed by atoms with Crippen LogP contribution in [0.3, 0.4) is 0 Å². The van der Waals surface area contributed by atoms with Gasteiger partial charge >= 0.3 is 0 Å². The second-order valence-electron chi connectivity index (χ2n) is 9.07. The minimum atomic E-state index is -0.126. The van der Waals surface area contributed by atoms with Crippen LogP contribution >= 0.6 is 0 Å². The molecule has 0 aliphatic carbocycles. The van der Waals surface area contributed by atoms with Crippen molar-refractivity contribution in [2.24, 2.45) is 14.1 Å². The van der Waals surface area contributed by atoms with Crippen LogP contribution in [-0.4, -0.2) is 62.8 Å². The van der Waals surface area contributed by atoms with E-state index in [0.29, 0.717) is 42.9 Å². The number of hydrogen-bond acceptors (Lipinski definition) is 6. The number of nitrogens with zero attached hydrogens (tertiary/aromatic N) is 4. The van der Waals surface area contributed by atoms with Gasteiger partial charge in [0.2, 0.25) is 0 Å². The molecule has 0 bridgehead atoms. The fraction of sp³-hybridized carbons (Fsp3) is 0.560. The molecule has 33 heavy (non-hydrogen) atoms. The summed E-state index contributed by atoms with van der Waals surface area (Å²) in [6.07, 6.45) is 7.44. The highest BCUT2D eigenvalue weighted by Gasteiger charge is 2.18. The van der Waals surface area contributed by atoms with Crippen molar-refractivity contribution in [2.45, 2.75) is 58.3 Å². The second-order valence-corrected chi connectivity index (χ2v) is 9.07. The molecule has 0 fully saturated rings. The van der Waals surface area contributed by atoms with Gasteiger partial charge in [0, 0.05) is 52.2 Å². The zero-order valence-corrected chi connectivity index (χ0v) is 20.5. The summed E-state index contributed by atoms with van der Waals surface area (Å²) in [5.74, 6) is 0.293. The van der Waals surface area contributed by atoms with Crippen LogP contribution in [0, 0.1) is 0 Å². The molecule has 0 aliphatic rings. The summed E-state index contributed by atoms with van der Waals surface area (Å²) in [6, 6.07) is 1.73. The first-order valence-electron chi connectivity index (χ1n) is 11.5. The lowest BCUT2D eigenvalue weighted by Gasteiger charge is -2.08. The first kappa shape index (κ1) is 26.4. The number of unbranched alkanes of at least 4 members (excludes halogenated alkanes) is 1. The number of carbonyl (C=O) groups is 4. The predicted molar refractivity (Wildman–Crippen MR) is 127 cm³/mol. The van der Waals surface area contributed by atoms with E-state index in [1.54, 1.807) is 41.7 Å². The largest absolute Gasteiger partial charge is 0.348 e. The summed E-state index contributed by atoms with van der Waals surface area (Å²) in [5, 5.41) is 0. The van der Waals surface area contributed by atoms with E-state index < -0.39 is 0 Å². The highest BCUT2D eigenvalue weighted by atomic mass is 16.1. The van der Waals surface area contributed by atoms with E-state index in [-0.39, 0.29) is 36.0 Å². The van der Waals surface area contributed by atoms with Crippen LogP contribution in [0.5, 0.6) is 0 Å². The van der Waals surface area contributed by atoms with E-state index >= 15 is 0 Å². The Balaban J connectivity index is 1.86. The minimum Gasteiger partial charge on any atom is -0.348 e. The van der Waals surface area contributed by atoms with Crippen LogP contribution in [0.15, 0.2) is 18.5 Å². The molecule has 2 heterocycles. The molecule has 8 nitrogen and oxygen atoms in total. The topological polar surface area (TPSA) is 94.3 Å². The van der Waals surface area contributed by atoms with Gasteiger partial charge in [-0.15, -0.1) is 0 Å². The maximum atomic E-state index is 12.7. The van der Waals surface area contributed by atoms with Crippen LogP contribution < -0.4 is 0 Å². The summed E-state index contributed by atoms with van der Waals surface area (Å²) >= 11 is 0. The molecular formula is C25H36N4O4. The molecule has 0 unspecified atom stereocenters. The minimum absolute atomic E-state index is 0.0403. The van der Waals surface area contributed by atoms with Gasteiger partial charge in [0.05, 0.1) is 17.8 Å². The van der Waals surface area contributed by atoms with Gasteiger partial charge in [-0.2, -0.15) is 0 Å². The van der Waals surface area contributed by atoms with Crippen LogP contribution in [0.25, 0.3) is 0 Å². The lowest BCUT2D eigenvalue weighted by molar-refractivity contribution is -0.119. The Morgan fingerprint density at radius 3 is 2.24 bits per heavy atom. The van der Waals surface area contributed by atoms with Crippen molar-refractivity contribution in [2.75, 3.05) is 20.6 Å². The quantitative estimate of drug-likeness (QED) is 0.302. The van der Waals surface area contributed by atoms with Crippen molar-refractivity contribution in [1.82, 2.24) is 19.0 Å². The average Bonchev–Trinajstić information content (AvgIpc) is 3.26. The number of aromatic nitrogens is 3. The maximum absolute atomic E-state index is 12.7. The number of hydrogen-bond donors (Lipinski definition) is 0. The van der Waals surface area contributed by atoms with Crippen molar-refractivity contribution < 1.29 is 19.2 Å². The van der Waals surface area contributed by atoms with Crippen LogP contribution in [0.4, 0.5) is 0 Å². The number of rotatable bonds is 15. The van der Waals surface area contributed by atoms with Crippen LogP contribution in [0.2, 0.25) is 0 Å². The smallest absolute Gasteiger partial charge is 0.198 e. The Bertz CT molecular complexity index is 1000. The van der Waals surface area contributed by atoms with Gasteiger partial charge in [-0.05, 0) is 58.5 Å². The van der Waals surface area contributed by atoms with Crippen molar-refractivity contribution in [1.29, 1.82) is 0 Å². The number of aryl methyl sites for hydroxylation is 2. The first-order chi connectivity index (χ1) is 15.6. The second kappa shape index (κ2) is 12.4. The van der Waals surface area contributed by atoms with Crippen molar-refractivity contribution in [3.63, 3.8) is 0 Å². The summed E-state index contributed by atoms with van der Waals surface area (Å²) < 4.78 is 3.35. The molecule has 0 saturated carbocycles. The molecule has 0 atom stereocenters. The third-order valence-electron chi connectivity index (χ3n) is 5.49. The van der Waals surface area contributed by atoms with Gasteiger partial charge < -0.3 is 14.0 Å². The molecule has 0 aromatic carbocycles. The Labute approximate surface area is 196 Å². The number of carbonyl (C=O) groups excluding carboxylic acids is 4. The molecular weight excluding hydrogens is 420 g/mol. The fourth-order valence-corrected chi connectivity index (χ4v) is 3.86. The van der Waals surface area contributed by atoms with Crippen molar-refractivity contribution in [3.05, 3.63) is 41.2 Å². The Morgan fingerprint density at radius 2 is 1.58 bits per heavy atom. The summed E-state index contributed by atoms with van der Waals surface area (Å²) in [6.45, 7) is 2.49. The van der Waals surface area contributed by atoms with Crippen molar-refractivity contribution in [3.8, 4) is 0 Å². The zero-order valence-electron chi connectivity index (χ0n) is 20.5. The van der Waals surface area contributed by atoms with Crippen molar-refractivity contribution >= 4 is 23.1 Å². The molecule has 0 aliphatic heterocycles. The normalized spacial score (nSPS) is 11.2. The van der Waals surface area contributed by atoms with E-state index in [1.165, 1.54) is 6.92 Å². The summed E-state index contributed by atoms with van der Waals surface area (Å²) in [4.78, 5) is 55.2. The monoisotopic (exact) mass is 456 g/mol. The lowest BCUT2D eigenvalue weighted by Crippen LogP contribution is -2.13. The lowest BCUT2D eigenvalue weighted by atomic mass is 10.1. The van der Waals surface area contributed by atoms with Gasteiger partial charge in [0.15, 0.2) is 17.4 Å². The van der Waals surface area contributed by atoms with E-state index in [2.05, 4.69) is 9.88 Å². The third-order valence-corrected chi connectivity index (χ3v) is 5.49. The number of ketones is 4. The van der Waals surface area contributed by atoms with Crippen LogP contribution in [0.1, 0.15) is 77.8 Å². The average molecular weight is 457 g/mol. The van der Waals surface area contributed by atoms with E-state index in [4.69, 9.17) is 0 Å². The molecule has 180 valence electrons. The molecule has 0 spiro atoms. The van der Waals surface area contributed by atoms with Gasteiger partial charge in [-0.1, -0.05) is 0 Å². The third kappa shape index (κ3) is 8.53. The molecule has 0 N–H and O–H groups in total. The van der Waals surface area contributed by atoms with Crippen LogP contribution in [-0.2, 0) is 36.5 Å². The first-order valence-corrected chi connectivity index (χ1v) is 11.5. The zero-order chi connectivity index (χ0) is 24.5. The van der Waals surface area contributed by atoms with Gasteiger partial charge in [-0.25, -0.2) is 4.98 Å². The maximum Gasteiger partial charge on any atom is 0.198 e. The predicted octanol–water partition coefficient (Wildman–Crippen LogP) is 2.97. The molecule has 8 heteroatoms. The molecule has 2 aromatic rings. The number of imidazole rings is 1. The highest BCUT2D eigenvalue weighted by Crippen LogP contribution is 2.14. The molecule has 0 saturated heterocycles. The molecule has 2 aromatic heterocycles. The standard InChI is InChI=1S/C25H36N4O4/c1-18(30)13-19-14-22(28(4)16-19)24(33)15-20-17-29(5)25(26-20)23(32)11-8-10-21(31)9-6-7-12-27(2)3/h14,16-17H,6-13,15H2,1-5H3.